The first-order chi connectivity index (χ1) is 12.6. The number of fused-ring (bicyclic) bond motifs is 2. The van der Waals surface area contributed by atoms with Crippen molar-refractivity contribution in [3.63, 3.8) is 0 Å². The zero-order valence-electron chi connectivity index (χ0n) is 15.2. The molecular weight excluding hydrogens is 402 g/mol. The number of benzene rings is 3. The van der Waals surface area contributed by atoms with Gasteiger partial charge in [-0.25, -0.2) is 0 Å². The highest BCUT2D eigenvalue weighted by atomic mass is 79.9. The number of rotatable bonds is 3. The van der Waals surface area contributed by atoms with E-state index in [1.165, 1.54) is 28.7 Å². The average molecular weight is 422 g/mol. The number of hydrogen-bond acceptors (Lipinski definition) is 2. The lowest BCUT2D eigenvalue weighted by Crippen LogP contribution is -3.00. The molecule has 136 valence electrons. The van der Waals surface area contributed by atoms with Crippen LogP contribution in [0.4, 0.5) is 17.1 Å². The van der Waals surface area contributed by atoms with E-state index in [-0.39, 0.29) is 22.9 Å². The fraction of sp³-hybridized carbons (Fsp3) is 0.0909. The number of nitrogens with zero attached hydrogens (tertiary/aromatic N) is 1. The summed E-state index contributed by atoms with van der Waals surface area (Å²) in [7, 11) is 2.09. The number of hydrogen-bond donors (Lipinski definition) is 2. The minimum absolute atomic E-state index is 0. The number of amides is 1. The zero-order chi connectivity index (χ0) is 18.1. The summed E-state index contributed by atoms with van der Waals surface area (Å²) in [5.41, 5.74) is 5.19. The van der Waals surface area contributed by atoms with Gasteiger partial charge in [0.25, 0.3) is 0 Å². The van der Waals surface area contributed by atoms with E-state index >= 15 is 0 Å². The van der Waals surface area contributed by atoms with Crippen LogP contribution in [0.25, 0.3) is 21.8 Å². The highest BCUT2D eigenvalue weighted by Gasteiger charge is 2.17. The Morgan fingerprint density at radius 2 is 1.26 bits per heavy atom. The molecule has 0 aliphatic carbocycles. The van der Waals surface area contributed by atoms with E-state index in [0.29, 0.717) is 0 Å². The number of aryl methyl sites for hydroxylation is 1. The van der Waals surface area contributed by atoms with E-state index < -0.39 is 0 Å². The first-order valence-corrected chi connectivity index (χ1v) is 8.57. The third-order valence-electron chi connectivity index (χ3n) is 4.54. The van der Waals surface area contributed by atoms with Crippen LogP contribution < -0.4 is 32.2 Å². The molecule has 1 aromatic heterocycles. The number of halogens is 1. The molecule has 0 saturated heterocycles. The summed E-state index contributed by atoms with van der Waals surface area (Å²) in [5, 5.41) is 8.70. The minimum Gasteiger partial charge on any atom is -1.00 e. The molecule has 1 amide bonds. The van der Waals surface area contributed by atoms with Crippen LogP contribution in [0, 0.1) is 0 Å². The van der Waals surface area contributed by atoms with Gasteiger partial charge in [-0.1, -0.05) is 24.3 Å². The summed E-state index contributed by atoms with van der Waals surface area (Å²) < 4.78 is 2.22. The Hall–Kier alpha value is -2.92. The van der Waals surface area contributed by atoms with E-state index in [1.807, 2.05) is 24.3 Å². The Bertz CT molecular complexity index is 1070. The maximum absolute atomic E-state index is 11.2. The number of carbonyl (C=O) groups excluding carboxylic acids is 1. The van der Waals surface area contributed by atoms with Crippen molar-refractivity contribution in [1.29, 1.82) is 0 Å². The number of aromatic nitrogens is 1. The predicted molar refractivity (Wildman–Crippen MR) is 107 cm³/mol. The SMILES string of the molecule is CC(=O)Nc1ccc(Nc2c3ccccc3[n+](C)c3ccccc23)cc1.[Br-]. The molecule has 2 N–H and O–H groups in total. The van der Waals surface area contributed by atoms with Crippen molar-refractivity contribution in [2.24, 2.45) is 7.05 Å². The molecule has 27 heavy (non-hydrogen) atoms. The minimum atomic E-state index is -0.0711. The molecule has 0 bridgehead atoms. The van der Waals surface area contributed by atoms with Gasteiger partial charge in [0.15, 0.2) is 0 Å². The van der Waals surface area contributed by atoms with E-state index in [9.17, 15) is 4.79 Å². The van der Waals surface area contributed by atoms with E-state index in [1.54, 1.807) is 0 Å². The van der Waals surface area contributed by atoms with Gasteiger partial charge in [0.1, 0.15) is 7.05 Å². The Morgan fingerprint density at radius 1 is 0.778 bits per heavy atom. The van der Waals surface area contributed by atoms with Crippen molar-refractivity contribution in [3.05, 3.63) is 72.8 Å². The molecule has 0 aliphatic rings. The summed E-state index contributed by atoms with van der Waals surface area (Å²) in [4.78, 5) is 11.2. The molecule has 0 radical (unpaired) electrons. The topological polar surface area (TPSA) is 45.0 Å². The molecule has 1 heterocycles. The maximum Gasteiger partial charge on any atom is 0.221 e. The molecular formula is C22H20BrN3O. The van der Waals surface area contributed by atoms with Crippen molar-refractivity contribution in [2.45, 2.75) is 6.92 Å². The van der Waals surface area contributed by atoms with Gasteiger partial charge in [0.05, 0.1) is 16.5 Å². The number of carbonyl (C=O) groups is 1. The largest absolute Gasteiger partial charge is 1.00 e. The number of nitrogens with one attached hydrogen (secondary N) is 2. The van der Waals surface area contributed by atoms with Crippen LogP contribution in [0.3, 0.4) is 0 Å². The normalized spacial score (nSPS) is 10.4. The van der Waals surface area contributed by atoms with Gasteiger partial charge in [0.2, 0.25) is 16.9 Å². The second-order valence-electron chi connectivity index (χ2n) is 6.35. The van der Waals surface area contributed by atoms with Crippen LogP contribution in [0.15, 0.2) is 72.8 Å². The lowest BCUT2D eigenvalue weighted by atomic mass is 10.1. The Balaban J connectivity index is 0.00000210. The summed E-state index contributed by atoms with van der Waals surface area (Å²) in [6, 6.07) is 24.5. The van der Waals surface area contributed by atoms with E-state index in [4.69, 9.17) is 0 Å². The molecule has 0 atom stereocenters. The van der Waals surface area contributed by atoms with Crippen LogP contribution in [-0.2, 0) is 11.8 Å². The molecule has 4 nitrogen and oxygen atoms in total. The smallest absolute Gasteiger partial charge is 0.221 e. The van der Waals surface area contributed by atoms with Crippen molar-refractivity contribution in [2.75, 3.05) is 10.6 Å². The second-order valence-corrected chi connectivity index (χ2v) is 6.35. The van der Waals surface area contributed by atoms with Crippen molar-refractivity contribution in [1.82, 2.24) is 0 Å². The third-order valence-corrected chi connectivity index (χ3v) is 4.54. The Kier molecular flexibility index (Phi) is 5.42. The van der Waals surface area contributed by atoms with Crippen LogP contribution in [0.1, 0.15) is 6.92 Å². The fourth-order valence-corrected chi connectivity index (χ4v) is 3.35. The summed E-state index contributed by atoms with van der Waals surface area (Å²) >= 11 is 0. The quantitative estimate of drug-likeness (QED) is 0.389. The molecule has 0 saturated carbocycles. The van der Waals surface area contributed by atoms with Crippen LogP contribution >= 0.6 is 0 Å². The molecule has 5 heteroatoms. The summed E-state index contributed by atoms with van der Waals surface area (Å²) in [6.45, 7) is 1.51. The molecule has 4 aromatic rings. The fourth-order valence-electron chi connectivity index (χ4n) is 3.35. The number of anilines is 3. The van der Waals surface area contributed by atoms with E-state index in [0.717, 1.165) is 17.1 Å². The molecule has 4 rings (SSSR count). The second kappa shape index (κ2) is 7.76. The average Bonchev–Trinajstić information content (AvgIpc) is 2.66. The van der Waals surface area contributed by atoms with Crippen molar-refractivity contribution < 1.29 is 26.3 Å². The van der Waals surface area contributed by atoms with Crippen molar-refractivity contribution in [3.8, 4) is 0 Å². The molecule has 3 aromatic carbocycles. The lowest BCUT2D eigenvalue weighted by Gasteiger charge is -2.13. The van der Waals surface area contributed by atoms with Crippen molar-refractivity contribution >= 4 is 44.8 Å². The first kappa shape index (κ1) is 18.9. The molecule has 0 unspecified atom stereocenters. The van der Waals surface area contributed by atoms with Crippen LogP contribution in [-0.4, -0.2) is 5.91 Å². The number of pyridine rings is 1. The summed E-state index contributed by atoms with van der Waals surface area (Å²) in [6.07, 6.45) is 0. The first-order valence-electron chi connectivity index (χ1n) is 8.57. The van der Waals surface area contributed by atoms with Gasteiger partial charge in [-0.3, -0.25) is 4.79 Å². The maximum atomic E-state index is 11.2. The Morgan fingerprint density at radius 3 is 1.78 bits per heavy atom. The zero-order valence-corrected chi connectivity index (χ0v) is 16.7. The lowest BCUT2D eigenvalue weighted by molar-refractivity contribution is -0.617. The predicted octanol–water partition coefficient (Wildman–Crippen LogP) is 1.52. The standard InChI is InChI=1S/C22H19N3O.BrH/c1-15(26)23-16-11-13-17(14-12-16)24-22-18-7-3-5-9-20(18)25(2)21-10-6-4-8-19(21)22;/h3-14H,1-2H3,(H,23,26);1H. The van der Waals surface area contributed by atoms with Gasteiger partial charge in [0, 0.05) is 30.4 Å². The Labute approximate surface area is 168 Å². The van der Waals surface area contributed by atoms with Gasteiger partial charge in [-0.05, 0) is 36.4 Å². The van der Waals surface area contributed by atoms with E-state index in [2.05, 4.69) is 70.8 Å². The van der Waals surface area contributed by atoms with Gasteiger partial charge >= 0.3 is 0 Å². The third kappa shape index (κ3) is 3.64. The molecule has 0 spiro atoms. The summed E-state index contributed by atoms with van der Waals surface area (Å²) in [5.74, 6) is -0.0711. The number of para-hydroxylation sites is 2. The van der Waals surface area contributed by atoms with Crippen LogP contribution in [0.5, 0.6) is 0 Å². The highest BCUT2D eigenvalue weighted by Crippen LogP contribution is 2.32. The monoisotopic (exact) mass is 421 g/mol. The van der Waals surface area contributed by atoms with Gasteiger partial charge in [-0.15, -0.1) is 0 Å². The highest BCUT2D eigenvalue weighted by molar-refractivity contribution is 6.06. The van der Waals surface area contributed by atoms with Crippen LogP contribution in [0.2, 0.25) is 0 Å². The van der Waals surface area contributed by atoms with Gasteiger partial charge in [-0.2, -0.15) is 4.57 Å². The van der Waals surface area contributed by atoms with Gasteiger partial charge < -0.3 is 27.6 Å². The molecule has 0 fully saturated rings. The molecule has 0 aliphatic heterocycles.